The SMILES string of the molecule is O=C(Nc1nc(COc2nc3nn[nH]n3c2-c2ccccc2)cs1)C(F)(F)Oc1ccccc1. The average Bonchev–Trinajstić information content (AvgIpc) is 3.55. The molecule has 0 aliphatic carbocycles. The van der Waals surface area contributed by atoms with Gasteiger partial charge in [0, 0.05) is 10.9 Å². The molecule has 0 radical (unpaired) electrons. The number of carbonyl (C=O) groups is 1. The maximum Gasteiger partial charge on any atom is 0.482 e. The summed E-state index contributed by atoms with van der Waals surface area (Å²) in [5.41, 5.74) is 1.85. The van der Waals surface area contributed by atoms with Gasteiger partial charge in [0.05, 0.1) is 5.69 Å². The van der Waals surface area contributed by atoms with Crippen LogP contribution >= 0.6 is 11.3 Å². The first-order chi connectivity index (χ1) is 16.5. The summed E-state index contributed by atoms with van der Waals surface area (Å²) in [7, 11) is 0. The molecule has 5 aromatic rings. The van der Waals surface area contributed by atoms with E-state index in [1.165, 1.54) is 24.3 Å². The lowest BCUT2D eigenvalue weighted by Crippen LogP contribution is -2.39. The van der Waals surface area contributed by atoms with Crippen molar-refractivity contribution in [1.29, 1.82) is 0 Å². The molecule has 0 spiro atoms. The first kappa shape index (κ1) is 21.5. The summed E-state index contributed by atoms with van der Waals surface area (Å²) < 4.78 is 40.2. The number of tetrazole rings is 1. The Hall–Kier alpha value is -4.39. The number of benzene rings is 2. The molecule has 0 aliphatic rings. The van der Waals surface area contributed by atoms with E-state index in [9.17, 15) is 13.6 Å². The fraction of sp³-hybridized carbons (Fsp3) is 0.0952. The number of aromatic nitrogens is 6. The summed E-state index contributed by atoms with van der Waals surface area (Å²) >= 11 is 0.977. The van der Waals surface area contributed by atoms with Crippen LogP contribution in [0.3, 0.4) is 0 Å². The Morgan fingerprint density at radius 3 is 2.59 bits per heavy atom. The molecule has 3 aromatic heterocycles. The van der Waals surface area contributed by atoms with E-state index in [1.54, 1.807) is 16.0 Å². The molecule has 0 bridgehead atoms. The van der Waals surface area contributed by atoms with Crippen molar-refractivity contribution in [3.05, 3.63) is 71.7 Å². The van der Waals surface area contributed by atoms with Crippen molar-refractivity contribution in [2.24, 2.45) is 0 Å². The smallest absolute Gasteiger partial charge is 0.469 e. The van der Waals surface area contributed by atoms with Crippen LogP contribution in [0.1, 0.15) is 5.69 Å². The van der Waals surface area contributed by atoms with E-state index < -0.39 is 12.0 Å². The highest BCUT2D eigenvalue weighted by Gasteiger charge is 2.42. The molecule has 34 heavy (non-hydrogen) atoms. The Labute approximate surface area is 194 Å². The third kappa shape index (κ3) is 4.41. The topological polar surface area (TPSA) is 119 Å². The number of nitrogens with one attached hydrogen (secondary N) is 2. The van der Waals surface area contributed by atoms with Gasteiger partial charge in [-0.05, 0) is 17.3 Å². The highest BCUT2D eigenvalue weighted by molar-refractivity contribution is 7.13. The number of imidazole rings is 1. The van der Waals surface area contributed by atoms with Crippen LogP contribution in [-0.4, -0.2) is 42.0 Å². The van der Waals surface area contributed by atoms with Gasteiger partial charge >= 0.3 is 12.0 Å². The van der Waals surface area contributed by atoms with Crippen LogP contribution in [0.5, 0.6) is 11.6 Å². The molecular formula is C21H15F2N7O3S. The van der Waals surface area contributed by atoms with Crippen LogP contribution in [0.25, 0.3) is 17.0 Å². The Balaban J connectivity index is 1.26. The zero-order valence-corrected chi connectivity index (χ0v) is 18.0. The number of alkyl halides is 2. The lowest BCUT2D eigenvalue weighted by atomic mass is 10.2. The van der Waals surface area contributed by atoms with Crippen LogP contribution < -0.4 is 14.8 Å². The summed E-state index contributed by atoms with van der Waals surface area (Å²) in [4.78, 5) is 20.5. The number of halogens is 2. The van der Waals surface area contributed by atoms with Gasteiger partial charge in [-0.15, -0.1) is 11.3 Å². The van der Waals surface area contributed by atoms with Gasteiger partial charge in [0.25, 0.3) is 5.78 Å². The molecule has 1 amide bonds. The molecule has 0 saturated heterocycles. The Bertz CT molecular complexity index is 1420. The lowest BCUT2D eigenvalue weighted by molar-refractivity contribution is -0.187. The third-order valence-electron chi connectivity index (χ3n) is 4.54. The van der Waals surface area contributed by atoms with Crippen LogP contribution in [0, 0.1) is 0 Å². The minimum Gasteiger partial charge on any atom is -0.469 e. The minimum absolute atomic E-state index is 0.0172. The van der Waals surface area contributed by atoms with Gasteiger partial charge in [-0.1, -0.05) is 53.6 Å². The lowest BCUT2D eigenvalue weighted by Gasteiger charge is -2.16. The van der Waals surface area contributed by atoms with Gasteiger partial charge in [-0.25, -0.2) is 4.98 Å². The second-order valence-electron chi connectivity index (χ2n) is 6.89. The van der Waals surface area contributed by atoms with Gasteiger partial charge in [0.2, 0.25) is 5.88 Å². The van der Waals surface area contributed by atoms with Crippen molar-refractivity contribution >= 4 is 28.2 Å². The van der Waals surface area contributed by atoms with Gasteiger partial charge in [0.1, 0.15) is 18.1 Å². The zero-order chi connectivity index (χ0) is 23.5. The highest BCUT2D eigenvalue weighted by atomic mass is 32.1. The van der Waals surface area contributed by atoms with Crippen LogP contribution in [-0.2, 0) is 11.4 Å². The van der Waals surface area contributed by atoms with Crippen molar-refractivity contribution in [3.63, 3.8) is 0 Å². The third-order valence-corrected chi connectivity index (χ3v) is 5.35. The largest absolute Gasteiger partial charge is 0.482 e. The number of para-hydroxylation sites is 1. The summed E-state index contributed by atoms with van der Waals surface area (Å²) in [5, 5.41) is 14.0. The average molecular weight is 483 g/mol. The molecule has 13 heteroatoms. The molecular weight excluding hydrogens is 468 g/mol. The molecule has 5 rings (SSSR count). The Morgan fingerprint density at radius 2 is 1.82 bits per heavy atom. The second kappa shape index (κ2) is 8.86. The maximum absolute atomic E-state index is 14.1. The molecule has 172 valence electrons. The number of fused-ring (bicyclic) bond motifs is 1. The highest BCUT2D eigenvalue weighted by Crippen LogP contribution is 2.30. The van der Waals surface area contributed by atoms with Crippen molar-refractivity contribution in [3.8, 4) is 22.9 Å². The van der Waals surface area contributed by atoms with Crippen molar-refractivity contribution in [2.75, 3.05) is 5.32 Å². The molecule has 3 heterocycles. The van der Waals surface area contributed by atoms with E-state index in [0.29, 0.717) is 17.2 Å². The number of rotatable bonds is 8. The van der Waals surface area contributed by atoms with Crippen molar-refractivity contribution in [2.45, 2.75) is 12.7 Å². The fourth-order valence-electron chi connectivity index (χ4n) is 3.04. The van der Waals surface area contributed by atoms with Gasteiger partial charge in [0.15, 0.2) is 5.13 Å². The molecule has 0 saturated carbocycles. The Morgan fingerprint density at radius 1 is 1.09 bits per heavy atom. The Kier molecular flexibility index (Phi) is 5.59. The predicted octanol–water partition coefficient (Wildman–Crippen LogP) is 3.77. The number of ether oxygens (including phenoxy) is 2. The van der Waals surface area contributed by atoms with E-state index >= 15 is 0 Å². The number of hydrogen-bond donors (Lipinski definition) is 2. The second-order valence-corrected chi connectivity index (χ2v) is 7.74. The van der Waals surface area contributed by atoms with Crippen molar-refractivity contribution < 1.29 is 23.0 Å². The van der Waals surface area contributed by atoms with E-state index in [1.807, 2.05) is 30.3 Å². The monoisotopic (exact) mass is 483 g/mol. The molecule has 2 N–H and O–H groups in total. The standard InChI is InChI=1S/C21H15F2N7O3S/c22-21(23,33-15-9-5-2-6-10-15)18(31)26-20-24-14(12-34-20)11-32-17-16(13-7-3-1-4-8-13)30-19(25-17)27-28-29-30/h1-10,12H,11H2,(H,24,26,31)(H,25,27,29). The zero-order valence-electron chi connectivity index (χ0n) is 17.2. The number of carbonyl (C=O) groups excluding carboxylic acids is 1. The number of hydrogen-bond acceptors (Lipinski definition) is 8. The summed E-state index contributed by atoms with van der Waals surface area (Å²) in [5.74, 6) is -1.16. The van der Waals surface area contributed by atoms with E-state index in [0.717, 1.165) is 16.9 Å². The van der Waals surface area contributed by atoms with E-state index in [4.69, 9.17) is 4.74 Å². The number of H-pyrrole nitrogens is 1. The van der Waals surface area contributed by atoms with Crippen molar-refractivity contribution in [1.82, 2.24) is 30.0 Å². The number of aromatic amines is 1. The number of amides is 1. The number of anilines is 1. The number of thiazole rings is 1. The molecule has 0 fully saturated rings. The number of nitrogens with zero attached hydrogens (tertiary/aromatic N) is 5. The summed E-state index contributed by atoms with van der Waals surface area (Å²) in [6, 6.07) is 16.7. The fourth-order valence-corrected chi connectivity index (χ4v) is 3.73. The van der Waals surface area contributed by atoms with Crippen LogP contribution in [0.15, 0.2) is 66.0 Å². The predicted molar refractivity (Wildman–Crippen MR) is 118 cm³/mol. The first-order valence-corrected chi connectivity index (χ1v) is 10.7. The molecule has 0 unspecified atom stereocenters. The maximum atomic E-state index is 14.1. The van der Waals surface area contributed by atoms with Crippen LogP contribution in [0.4, 0.5) is 13.9 Å². The molecule has 10 nitrogen and oxygen atoms in total. The quantitative estimate of drug-likeness (QED) is 0.345. The molecule has 0 atom stereocenters. The van der Waals surface area contributed by atoms with Crippen LogP contribution in [0.2, 0.25) is 0 Å². The van der Waals surface area contributed by atoms with Gasteiger partial charge in [-0.3, -0.25) is 10.1 Å². The van der Waals surface area contributed by atoms with E-state index in [2.05, 4.69) is 35.5 Å². The molecule has 2 aromatic carbocycles. The summed E-state index contributed by atoms with van der Waals surface area (Å²) in [6.45, 7) is -0.0172. The minimum atomic E-state index is -4.08. The molecule has 0 aliphatic heterocycles. The first-order valence-electron chi connectivity index (χ1n) is 9.85. The summed E-state index contributed by atoms with van der Waals surface area (Å²) in [6.07, 6.45) is -4.08. The van der Waals surface area contributed by atoms with Gasteiger partial charge in [-0.2, -0.15) is 23.5 Å². The van der Waals surface area contributed by atoms with E-state index in [-0.39, 0.29) is 23.4 Å². The van der Waals surface area contributed by atoms with Gasteiger partial charge < -0.3 is 9.47 Å². The normalized spacial score (nSPS) is 11.5.